The Morgan fingerprint density at radius 1 is 0.810 bits per heavy atom. The van der Waals surface area contributed by atoms with Crippen LogP contribution in [0, 0.1) is 11.6 Å². The number of halogens is 8. The zero-order chi connectivity index (χ0) is 30.7. The minimum absolute atomic E-state index is 0.102. The van der Waals surface area contributed by atoms with Gasteiger partial charge in [0.15, 0.2) is 11.6 Å². The van der Waals surface area contributed by atoms with Crippen molar-refractivity contribution in [1.82, 2.24) is 10.3 Å². The SMILES string of the molecule is COc1cc([C@](CNC(=O)c2ccc(C(F)(F)F)nc2)(Cc2ccccc2)c2cc(F)cc(C(F)(F)F)c2)ccc1F. The fourth-order valence-electron chi connectivity index (χ4n) is 4.60. The van der Waals surface area contributed by atoms with Crippen LogP contribution in [0.15, 0.2) is 85.1 Å². The molecule has 0 saturated carbocycles. The lowest BCUT2D eigenvalue weighted by Crippen LogP contribution is -2.44. The van der Waals surface area contributed by atoms with Crippen molar-refractivity contribution in [2.24, 2.45) is 0 Å². The molecule has 220 valence electrons. The molecule has 0 aliphatic heterocycles. The highest BCUT2D eigenvalue weighted by molar-refractivity contribution is 5.94. The molecule has 1 heterocycles. The molecule has 1 amide bonds. The summed E-state index contributed by atoms with van der Waals surface area (Å²) in [6.45, 7) is -0.475. The van der Waals surface area contributed by atoms with E-state index in [0.29, 0.717) is 23.9 Å². The lowest BCUT2D eigenvalue weighted by Gasteiger charge is -2.36. The molecule has 4 aromatic rings. The maximum absolute atomic E-state index is 14.8. The van der Waals surface area contributed by atoms with Crippen molar-refractivity contribution in [1.29, 1.82) is 0 Å². The lowest BCUT2D eigenvalue weighted by atomic mass is 9.69. The standard InChI is InChI=1S/C30H22F8N2O2/c1-42-25-14-20(8-9-24(25)32)28(15-18-5-3-2-4-6-18,21-11-22(29(33,34)35)13-23(31)12-21)17-40-27(41)19-7-10-26(39-16-19)30(36,37)38/h2-14,16H,15,17H2,1H3,(H,40,41)/t28-/m1/s1. The first kappa shape index (κ1) is 30.5. The van der Waals surface area contributed by atoms with Crippen LogP contribution in [0.5, 0.6) is 5.75 Å². The summed E-state index contributed by atoms with van der Waals surface area (Å²) in [5.74, 6) is -3.12. The number of benzene rings is 3. The second-order valence-electron chi connectivity index (χ2n) is 9.43. The molecule has 0 fully saturated rings. The van der Waals surface area contributed by atoms with Gasteiger partial charge in [-0.1, -0.05) is 36.4 Å². The molecule has 4 nitrogen and oxygen atoms in total. The molecule has 0 spiro atoms. The van der Waals surface area contributed by atoms with Crippen LogP contribution in [0.1, 0.15) is 38.3 Å². The van der Waals surface area contributed by atoms with Crippen molar-refractivity contribution in [3.8, 4) is 5.75 Å². The Morgan fingerprint density at radius 2 is 1.50 bits per heavy atom. The molecule has 12 heteroatoms. The highest BCUT2D eigenvalue weighted by atomic mass is 19.4. The molecule has 42 heavy (non-hydrogen) atoms. The van der Waals surface area contributed by atoms with E-state index in [1.165, 1.54) is 19.2 Å². The Bertz CT molecular complexity index is 1550. The van der Waals surface area contributed by atoms with Crippen LogP contribution in [0.2, 0.25) is 0 Å². The predicted octanol–water partition coefficient (Wildman–Crippen LogP) is 7.36. The minimum Gasteiger partial charge on any atom is -0.494 e. The number of methoxy groups -OCH3 is 1. The van der Waals surface area contributed by atoms with Crippen LogP contribution < -0.4 is 10.1 Å². The van der Waals surface area contributed by atoms with Gasteiger partial charge in [0.1, 0.15) is 11.5 Å². The van der Waals surface area contributed by atoms with E-state index in [1.54, 1.807) is 30.3 Å². The summed E-state index contributed by atoms with van der Waals surface area (Å²) in [7, 11) is 1.18. The van der Waals surface area contributed by atoms with E-state index in [-0.39, 0.29) is 28.9 Å². The van der Waals surface area contributed by atoms with Crippen molar-refractivity contribution in [2.45, 2.75) is 24.2 Å². The number of nitrogens with one attached hydrogen (secondary N) is 1. The van der Waals surface area contributed by atoms with Gasteiger partial charge in [0.05, 0.1) is 18.2 Å². The predicted molar refractivity (Wildman–Crippen MR) is 137 cm³/mol. The van der Waals surface area contributed by atoms with Crippen LogP contribution in [0.25, 0.3) is 0 Å². The van der Waals surface area contributed by atoms with Crippen molar-refractivity contribution in [3.63, 3.8) is 0 Å². The van der Waals surface area contributed by atoms with Gasteiger partial charge >= 0.3 is 12.4 Å². The average Bonchev–Trinajstić information content (AvgIpc) is 2.94. The normalized spacial score (nSPS) is 13.4. The fraction of sp³-hybridized carbons (Fsp3) is 0.200. The molecular weight excluding hydrogens is 572 g/mol. The van der Waals surface area contributed by atoms with Crippen molar-refractivity contribution < 1.29 is 44.7 Å². The van der Waals surface area contributed by atoms with Gasteiger partial charge in [-0.25, -0.2) is 8.78 Å². The second-order valence-corrected chi connectivity index (χ2v) is 9.43. The van der Waals surface area contributed by atoms with Crippen molar-refractivity contribution in [2.75, 3.05) is 13.7 Å². The molecule has 1 atom stereocenters. The molecule has 0 aliphatic rings. The first-order valence-electron chi connectivity index (χ1n) is 12.3. The molecule has 3 aromatic carbocycles. The van der Waals surface area contributed by atoms with Crippen LogP contribution in [-0.2, 0) is 24.2 Å². The number of carbonyl (C=O) groups is 1. The summed E-state index contributed by atoms with van der Waals surface area (Å²) in [6.07, 6.45) is -9.06. The number of carbonyl (C=O) groups excluding carboxylic acids is 1. The maximum Gasteiger partial charge on any atom is 0.433 e. The number of pyridine rings is 1. The number of amides is 1. The van der Waals surface area contributed by atoms with Gasteiger partial charge < -0.3 is 10.1 Å². The molecule has 1 N–H and O–H groups in total. The maximum atomic E-state index is 14.8. The zero-order valence-corrected chi connectivity index (χ0v) is 21.8. The van der Waals surface area contributed by atoms with Gasteiger partial charge in [-0.3, -0.25) is 9.78 Å². The number of hydrogen-bond acceptors (Lipinski definition) is 3. The largest absolute Gasteiger partial charge is 0.494 e. The molecule has 0 bridgehead atoms. The first-order chi connectivity index (χ1) is 19.7. The smallest absolute Gasteiger partial charge is 0.433 e. The van der Waals surface area contributed by atoms with Gasteiger partial charge in [-0.15, -0.1) is 0 Å². The van der Waals surface area contributed by atoms with Gasteiger partial charge in [0, 0.05) is 18.2 Å². The van der Waals surface area contributed by atoms with E-state index in [4.69, 9.17) is 4.74 Å². The van der Waals surface area contributed by atoms with E-state index in [0.717, 1.165) is 24.3 Å². The van der Waals surface area contributed by atoms with Crippen LogP contribution in [0.4, 0.5) is 35.1 Å². The summed E-state index contributed by atoms with van der Waals surface area (Å²) in [5.41, 5.74) is -3.88. The number of ether oxygens (including phenoxy) is 1. The Kier molecular flexibility index (Phi) is 8.55. The number of aromatic nitrogens is 1. The summed E-state index contributed by atoms with van der Waals surface area (Å²) < 4.78 is 114. The van der Waals surface area contributed by atoms with Crippen LogP contribution in [-0.4, -0.2) is 24.5 Å². The second kappa shape index (κ2) is 11.8. The lowest BCUT2D eigenvalue weighted by molar-refractivity contribution is -0.141. The van der Waals surface area contributed by atoms with E-state index in [1.807, 2.05) is 0 Å². The van der Waals surface area contributed by atoms with Crippen molar-refractivity contribution in [3.05, 3.63) is 130 Å². The quantitative estimate of drug-likeness (QED) is 0.217. The molecular formula is C30H22F8N2O2. The van der Waals surface area contributed by atoms with E-state index >= 15 is 0 Å². The van der Waals surface area contributed by atoms with Crippen LogP contribution >= 0.6 is 0 Å². The highest BCUT2D eigenvalue weighted by Crippen LogP contribution is 2.41. The van der Waals surface area contributed by atoms with Gasteiger partial charge in [-0.2, -0.15) is 26.3 Å². The third-order valence-electron chi connectivity index (χ3n) is 6.70. The molecule has 0 aliphatic carbocycles. The van der Waals surface area contributed by atoms with Gasteiger partial charge in [-0.05, 0) is 65.6 Å². The van der Waals surface area contributed by atoms with Gasteiger partial charge in [0.25, 0.3) is 5.91 Å². The molecule has 4 rings (SSSR count). The zero-order valence-electron chi connectivity index (χ0n) is 21.8. The summed E-state index contributed by atoms with van der Waals surface area (Å²) >= 11 is 0. The van der Waals surface area contributed by atoms with E-state index in [2.05, 4.69) is 10.3 Å². The van der Waals surface area contributed by atoms with E-state index in [9.17, 15) is 39.9 Å². The Labute approximate surface area is 235 Å². The highest BCUT2D eigenvalue weighted by Gasteiger charge is 2.40. The average molecular weight is 595 g/mol. The third kappa shape index (κ3) is 6.69. The summed E-state index contributed by atoms with van der Waals surface area (Å²) in [4.78, 5) is 16.3. The van der Waals surface area contributed by atoms with Gasteiger partial charge in [0.2, 0.25) is 0 Å². The van der Waals surface area contributed by atoms with E-state index < -0.39 is 53.1 Å². The number of hydrogen-bond donors (Lipinski definition) is 1. The Hall–Kier alpha value is -4.48. The molecule has 0 unspecified atom stereocenters. The third-order valence-corrected chi connectivity index (χ3v) is 6.70. The summed E-state index contributed by atoms with van der Waals surface area (Å²) in [6, 6.07) is 15.4. The van der Waals surface area contributed by atoms with Crippen LogP contribution in [0.3, 0.4) is 0 Å². The minimum atomic E-state index is -4.93. The Balaban J connectivity index is 1.89. The first-order valence-corrected chi connectivity index (χ1v) is 12.3. The number of alkyl halides is 6. The Morgan fingerprint density at radius 3 is 2.10 bits per heavy atom. The monoisotopic (exact) mass is 594 g/mol. The summed E-state index contributed by atoms with van der Waals surface area (Å²) in [5, 5.41) is 2.55. The topological polar surface area (TPSA) is 51.2 Å². The fourth-order valence-corrected chi connectivity index (χ4v) is 4.60. The number of nitrogens with zero attached hydrogens (tertiary/aromatic N) is 1. The molecule has 1 aromatic heterocycles. The molecule has 0 radical (unpaired) electrons. The van der Waals surface area contributed by atoms with Crippen molar-refractivity contribution >= 4 is 5.91 Å². The molecule has 0 saturated heterocycles. The number of rotatable bonds is 8.